The second-order valence-electron chi connectivity index (χ2n) is 8.07. The van der Waals surface area contributed by atoms with Gasteiger partial charge >= 0.3 is 6.03 Å². The third-order valence-corrected chi connectivity index (χ3v) is 6.30. The number of aromatic amines is 1. The minimum Gasteiger partial charge on any atom is -0.356 e. The Morgan fingerprint density at radius 2 is 1.88 bits per heavy atom. The lowest BCUT2D eigenvalue weighted by Gasteiger charge is -2.36. The summed E-state index contributed by atoms with van der Waals surface area (Å²) in [5.74, 6) is -0.299. The number of nitrogens with zero attached hydrogens (tertiary/aromatic N) is 1. The average Bonchev–Trinajstić information content (AvgIpc) is 3.17. The fraction of sp³-hybridized carbons (Fsp3) is 0.192. The van der Waals surface area contributed by atoms with E-state index in [1.165, 1.54) is 17.7 Å². The number of H-pyrrole nitrogens is 1. The molecule has 4 aromatic rings. The molecule has 5 rings (SSSR count). The summed E-state index contributed by atoms with van der Waals surface area (Å²) in [6.07, 6.45) is 1.48. The van der Waals surface area contributed by atoms with Gasteiger partial charge in [-0.2, -0.15) is 0 Å². The molecular formula is C26H23ClFN3O. The van der Waals surface area contributed by atoms with Gasteiger partial charge in [0.2, 0.25) is 0 Å². The third-order valence-electron chi connectivity index (χ3n) is 6.07. The predicted molar refractivity (Wildman–Crippen MR) is 126 cm³/mol. The first-order valence-corrected chi connectivity index (χ1v) is 11.1. The Balaban J connectivity index is 1.46. The summed E-state index contributed by atoms with van der Waals surface area (Å²) in [5.41, 5.74) is 5.14. The van der Waals surface area contributed by atoms with Crippen LogP contribution in [0.5, 0.6) is 0 Å². The molecule has 0 spiro atoms. The second kappa shape index (κ2) is 8.67. The molecule has 162 valence electrons. The Morgan fingerprint density at radius 3 is 2.66 bits per heavy atom. The van der Waals surface area contributed by atoms with Crippen molar-refractivity contribution in [2.24, 2.45) is 0 Å². The molecule has 0 saturated heterocycles. The van der Waals surface area contributed by atoms with E-state index >= 15 is 0 Å². The normalized spacial score (nSPS) is 15.6. The van der Waals surface area contributed by atoms with Gasteiger partial charge in [0.15, 0.2) is 0 Å². The van der Waals surface area contributed by atoms with Crippen molar-refractivity contribution >= 4 is 28.5 Å². The van der Waals surface area contributed by atoms with Gasteiger partial charge in [-0.1, -0.05) is 54.1 Å². The van der Waals surface area contributed by atoms with E-state index in [0.717, 1.165) is 40.6 Å². The van der Waals surface area contributed by atoms with Crippen LogP contribution in [0.1, 0.15) is 28.4 Å². The van der Waals surface area contributed by atoms with Crippen molar-refractivity contribution < 1.29 is 9.18 Å². The minimum atomic E-state index is -0.331. The molecule has 2 heterocycles. The zero-order valence-electron chi connectivity index (χ0n) is 17.4. The first kappa shape index (κ1) is 20.6. The number of urea groups is 1. The molecule has 2 amide bonds. The van der Waals surface area contributed by atoms with Crippen LogP contribution < -0.4 is 5.32 Å². The van der Waals surface area contributed by atoms with Gasteiger partial charge in [0.05, 0.1) is 6.04 Å². The lowest BCUT2D eigenvalue weighted by atomic mass is 9.92. The molecule has 0 fully saturated rings. The van der Waals surface area contributed by atoms with E-state index in [9.17, 15) is 9.18 Å². The summed E-state index contributed by atoms with van der Waals surface area (Å²) < 4.78 is 13.6. The topological polar surface area (TPSA) is 48.1 Å². The van der Waals surface area contributed by atoms with Gasteiger partial charge in [0.1, 0.15) is 5.82 Å². The molecule has 6 heteroatoms. The van der Waals surface area contributed by atoms with Gasteiger partial charge in [0, 0.05) is 34.7 Å². The molecule has 1 aromatic heterocycles. The molecule has 0 radical (unpaired) electrons. The van der Waals surface area contributed by atoms with Crippen LogP contribution in [-0.4, -0.2) is 29.0 Å². The molecule has 0 saturated carbocycles. The third kappa shape index (κ3) is 3.96. The fourth-order valence-corrected chi connectivity index (χ4v) is 4.70. The smallest absolute Gasteiger partial charge is 0.318 e. The quantitative estimate of drug-likeness (QED) is 0.404. The summed E-state index contributed by atoms with van der Waals surface area (Å²) in [6.45, 7) is 1.11. The van der Waals surface area contributed by atoms with E-state index in [1.807, 2.05) is 41.3 Å². The summed E-state index contributed by atoms with van der Waals surface area (Å²) in [7, 11) is 0. The fourth-order valence-electron chi connectivity index (χ4n) is 4.53. The number of benzene rings is 3. The number of aromatic nitrogens is 1. The molecule has 0 aliphatic carbocycles. The largest absolute Gasteiger partial charge is 0.356 e. The van der Waals surface area contributed by atoms with Crippen LogP contribution in [0.4, 0.5) is 9.18 Å². The Morgan fingerprint density at radius 1 is 1.09 bits per heavy atom. The maximum Gasteiger partial charge on any atom is 0.318 e. The minimum absolute atomic E-state index is 0.127. The lowest BCUT2D eigenvalue weighted by molar-refractivity contribution is 0.179. The van der Waals surface area contributed by atoms with Crippen LogP contribution in [0, 0.1) is 5.82 Å². The molecule has 1 aliphatic heterocycles. The standard InChI is InChI=1S/C26H23ClFN3O/c27-19-8-11-23-22(16-19)21-13-15-31(26(32)29-14-12-17-4-2-1-3-5-17)25(24(21)30-23)18-6-9-20(28)10-7-18/h1-11,16,25,30H,12-15H2,(H,29,32)/t25-/m0/s1. The van der Waals surface area contributed by atoms with Crippen molar-refractivity contribution in [3.05, 3.63) is 106 Å². The zero-order chi connectivity index (χ0) is 22.1. The van der Waals surface area contributed by atoms with Gasteiger partial charge in [-0.3, -0.25) is 0 Å². The van der Waals surface area contributed by atoms with Crippen molar-refractivity contribution in [2.45, 2.75) is 18.9 Å². The summed E-state index contributed by atoms with van der Waals surface area (Å²) in [5, 5.41) is 4.82. The molecule has 0 unspecified atom stereocenters. The number of carbonyl (C=O) groups is 1. The van der Waals surface area contributed by atoms with E-state index in [-0.39, 0.29) is 17.9 Å². The number of fused-ring (bicyclic) bond motifs is 3. The van der Waals surface area contributed by atoms with Crippen molar-refractivity contribution in [2.75, 3.05) is 13.1 Å². The highest BCUT2D eigenvalue weighted by Crippen LogP contribution is 2.39. The molecule has 3 aromatic carbocycles. The number of carbonyl (C=O) groups excluding carboxylic acids is 1. The Labute approximate surface area is 191 Å². The van der Waals surface area contributed by atoms with Crippen LogP contribution in [0.2, 0.25) is 5.02 Å². The van der Waals surface area contributed by atoms with Crippen molar-refractivity contribution in [3.63, 3.8) is 0 Å². The lowest BCUT2D eigenvalue weighted by Crippen LogP contribution is -2.46. The van der Waals surface area contributed by atoms with Crippen molar-refractivity contribution in [1.82, 2.24) is 15.2 Å². The number of amides is 2. The highest BCUT2D eigenvalue weighted by molar-refractivity contribution is 6.31. The van der Waals surface area contributed by atoms with Gasteiger partial charge in [-0.25, -0.2) is 9.18 Å². The first-order valence-electron chi connectivity index (χ1n) is 10.7. The molecular weight excluding hydrogens is 425 g/mol. The van der Waals surface area contributed by atoms with E-state index in [0.29, 0.717) is 18.1 Å². The highest BCUT2D eigenvalue weighted by Gasteiger charge is 2.34. The van der Waals surface area contributed by atoms with Crippen molar-refractivity contribution in [1.29, 1.82) is 0 Å². The summed E-state index contributed by atoms with van der Waals surface area (Å²) in [6, 6.07) is 21.8. The van der Waals surface area contributed by atoms with Crippen LogP contribution in [0.25, 0.3) is 10.9 Å². The SMILES string of the molecule is O=C(NCCc1ccccc1)N1CCc2c([nH]c3ccc(Cl)cc23)[C@@H]1c1ccc(F)cc1. The molecule has 32 heavy (non-hydrogen) atoms. The second-order valence-corrected chi connectivity index (χ2v) is 8.51. The zero-order valence-corrected chi connectivity index (χ0v) is 18.2. The van der Waals surface area contributed by atoms with Crippen LogP contribution in [0.3, 0.4) is 0 Å². The van der Waals surface area contributed by atoms with Gasteiger partial charge in [0.25, 0.3) is 0 Å². The monoisotopic (exact) mass is 447 g/mol. The number of nitrogens with one attached hydrogen (secondary N) is 2. The molecule has 0 bridgehead atoms. The van der Waals surface area contributed by atoms with Gasteiger partial charge in [-0.05, 0) is 59.9 Å². The van der Waals surface area contributed by atoms with Crippen LogP contribution >= 0.6 is 11.6 Å². The van der Waals surface area contributed by atoms with E-state index in [2.05, 4.69) is 22.4 Å². The Bertz CT molecular complexity index is 1250. The number of hydrogen-bond donors (Lipinski definition) is 2. The number of halogens is 2. The highest BCUT2D eigenvalue weighted by atomic mass is 35.5. The van der Waals surface area contributed by atoms with E-state index < -0.39 is 0 Å². The average molecular weight is 448 g/mol. The predicted octanol–water partition coefficient (Wildman–Crippen LogP) is 5.86. The maximum atomic E-state index is 13.6. The maximum absolute atomic E-state index is 13.6. The molecule has 2 N–H and O–H groups in total. The van der Waals surface area contributed by atoms with Gasteiger partial charge < -0.3 is 15.2 Å². The van der Waals surface area contributed by atoms with E-state index in [1.54, 1.807) is 12.1 Å². The molecule has 1 aliphatic rings. The van der Waals surface area contributed by atoms with Crippen LogP contribution in [0.15, 0.2) is 72.8 Å². The van der Waals surface area contributed by atoms with Gasteiger partial charge in [-0.15, -0.1) is 0 Å². The Hall–Kier alpha value is -3.31. The first-order chi connectivity index (χ1) is 15.6. The molecule has 4 nitrogen and oxygen atoms in total. The number of hydrogen-bond acceptors (Lipinski definition) is 1. The summed E-state index contributed by atoms with van der Waals surface area (Å²) in [4.78, 5) is 18.6. The van der Waals surface area contributed by atoms with Crippen molar-refractivity contribution in [3.8, 4) is 0 Å². The molecule has 1 atom stereocenters. The summed E-state index contributed by atoms with van der Waals surface area (Å²) >= 11 is 6.25. The van der Waals surface area contributed by atoms with Crippen LogP contribution in [-0.2, 0) is 12.8 Å². The van der Waals surface area contributed by atoms with E-state index in [4.69, 9.17) is 11.6 Å². The number of rotatable bonds is 4. The Kier molecular flexibility index (Phi) is 5.58.